The summed E-state index contributed by atoms with van der Waals surface area (Å²) in [7, 11) is 0. The molecule has 1 aromatic carbocycles. The second kappa shape index (κ2) is 8.70. The van der Waals surface area contributed by atoms with E-state index in [1.165, 1.54) is 0 Å². The fraction of sp³-hybridized carbons (Fsp3) is 0.529. The molecule has 0 radical (unpaired) electrons. The van der Waals surface area contributed by atoms with Crippen LogP contribution in [0.3, 0.4) is 0 Å². The van der Waals surface area contributed by atoms with Crippen molar-refractivity contribution in [3.8, 4) is 0 Å². The molecule has 1 fully saturated rings. The molecule has 2 amide bonds. The zero-order valence-electron chi connectivity index (χ0n) is 13.9. The van der Waals surface area contributed by atoms with Crippen LogP contribution in [0.4, 0.5) is 0 Å². The zero-order chi connectivity index (χ0) is 17.7. The minimum Gasteiger partial charge on any atom is -0.353 e. The summed E-state index contributed by atoms with van der Waals surface area (Å²) in [6, 6.07) is 4.51. The molecule has 2 rings (SSSR count). The van der Waals surface area contributed by atoms with Crippen LogP contribution in [0.5, 0.6) is 0 Å². The van der Waals surface area contributed by atoms with Crippen LogP contribution in [0.15, 0.2) is 18.2 Å². The smallest absolute Gasteiger partial charge is 0.256 e. The Kier molecular flexibility index (Phi) is 6.90. The highest BCUT2D eigenvalue weighted by Crippen LogP contribution is 2.26. The van der Waals surface area contributed by atoms with Gasteiger partial charge in [-0.15, -0.1) is 0 Å². The second-order valence-electron chi connectivity index (χ2n) is 5.98. The van der Waals surface area contributed by atoms with Gasteiger partial charge in [0.05, 0.1) is 10.6 Å². The van der Waals surface area contributed by atoms with E-state index < -0.39 is 6.04 Å². The lowest BCUT2D eigenvalue weighted by molar-refractivity contribution is -0.124. The molecule has 1 unspecified atom stereocenters. The molecule has 1 saturated heterocycles. The number of hydrogen-bond acceptors (Lipinski definition) is 3. The summed E-state index contributed by atoms with van der Waals surface area (Å²) in [4.78, 5) is 26.8. The standard InChI is InChI=1S/C17H23Cl2N3O2/c1-3-20-11(2)10-21-16(23)15-5-4-8-22(15)17(24)13-9-12(18)6-7-14(13)19/h6-7,9,11,15,20H,3-5,8,10H2,1-2H3,(H,21,23)/t11-,15?/m1/s1. The van der Waals surface area contributed by atoms with Crippen LogP contribution in [0, 0.1) is 0 Å². The Morgan fingerprint density at radius 2 is 2.12 bits per heavy atom. The van der Waals surface area contributed by atoms with Crippen LogP contribution in [0.2, 0.25) is 10.0 Å². The van der Waals surface area contributed by atoms with Gasteiger partial charge >= 0.3 is 0 Å². The summed E-state index contributed by atoms with van der Waals surface area (Å²) < 4.78 is 0. The van der Waals surface area contributed by atoms with E-state index in [-0.39, 0.29) is 17.9 Å². The van der Waals surface area contributed by atoms with Gasteiger partial charge in [0.15, 0.2) is 0 Å². The Bertz CT molecular complexity index is 609. The van der Waals surface area contributed by atoms with Gasteiger partial charge in [-0.2, -0.15) is 0 Å². The van der Waals surface area contributed by atoms with Crippen molar-refractivity contribution in [1.82, 2.24) is 15.5 Å². The number of benzene rings is 1. The molecule has 0 aliphatic carbocycles. The normalized spacial score (nSPS) is 18.5. The summed E-state index contributed by atoms with van der Waals surface area (Å²) in [5.74, 6) is -0.372. The molecule has 7 heteroatoms. The Morgan fingerprint density at radius 3 is 2.83 bits per heavy atom. The largest absolute Gasteiger partial charge is 0.353 e. The van der Waals surface area contributed by atoms with Crippen molar-refractivity contribution in [1.29, 1.82) is 0 Å². The highest BCUT2D eigenvalue weighted by Gasteiger charge is 2.35. The van der Waals surface area contributed by atoms with Crippen LogP contribution in [-0.4, -0.2) is 48.4 Å². The molecule has 1 heterocycles. The van der Waals surface area contributed by atoms with Gasteiger partial charge in [0, 0.05) is 24.2 Å². The summed E-state index contributed by atoms with van der Waals surface area (Å²) in [5, 5.41) is 6.95. The summed E-state index contributed by atoms with van der Waals surface area (Å²) in [6.07, 6.45) is 1.45. The molecule has 0 spiro atoms. The first-order valence-corrected chi connectivity index (χ1v) is 8.96. The molecular formula is C17H23Cl2N3O2. The molecule has 1 aliphatic heterocycles. The van der Waals surface area contributed by atoms with Crippen molar-refractivity contribution in [2.45, 2.75) is 38.8 Å². The predicted octanol–water partition coefficient (Wildman–Crippen LogP) is 2.71. The average molecular weight is 372 g/mol. The van der Waals surface area contributed by atoms with Crippen molar-refractivity contribution in [2.24, 2.45) is 0 Å². The molecule has 0 aromatic heterocycles. The van der Waals surface area contributed by atoms with Crippen molar-refractivity contribution in [2.75, 3.05) is 19.6 Å². The number of carbonyl (C=O) groups is 2. The number of amides is 2. The molecule has 2 atom stereocenters. The number of rotatable bonds is 6. The van der Waals surface area contributed by atoms with Gasteiger partial charge in [0.25, 0.3) is 5.91 Å². The van der Waals surface area contributed by atoms with Gasteiger partial charge in [0.1, 0.15) is 6.04 Å². The van der Waals surface area contributed by atoms with E-state index >= 15 is 0 Å². The summed E-state index contributed by atoms with van der Waals surface area (Å²) in [6.45, 7) is 5.95. The minimum absolute atomic E-state index is 0.122. The minimum atomic E-state index is -0.457. The van der Waals surface area contributed by atoms with E-state index in [0.717, 1.165) is 13.0 Å². The van der Waals surface area contributed by atoms with E-state index in [1.807, 2.05) is 13.8 Å². The molecular weight excluding hydrogens is 349 g/mol. The van der Waals surface area contributed by atoms with Gasteiger partial charge in [0.2, 0.25) is 5.91 Å². The van der Waals surface area contributed by atoms with E-state index in [2.05, 4.69) is 10.6 Å². The van der Waals surface area contributed by atoms with Crippen molar-refractivity contribution in [3.05, 3.63) is 33.8 Å². The Balaban J connectivity index is 2.05. The van der Waals surface area contributed by atoms with E-state index in [0.29, 0.717) is 35.1 Å². The summed E-state index contributed by atoms with van der Waals surface area (Å²) >= 11 is 12.1. The fourth-order valence-electron chi connectivity index (χ4n) is 2.89. The van der Waals surface area contributed by atoms with Crippen LogP contribution in [0.25, 0.3) is 0 Å². The topological polar surface area (TPSA) is 61.4 Å². The number of nitrogens with zero attached hydrogens (tertiary/aromatic N) is 1. The number of likely N-dealkylation sites (N-methyl/N-ethyl adjacent to an activating group) is 1. The predicted molar refractivity (Wildman–Crippen MR) is 96.7 cm³/mol. The van der Waals surface area contributed by atoms with Crippen LogP contribution in [0.1, 0.15) is 37.0 Å². The van der Waals surface area contributed by atoms with Crippen molar-refractivity contribution >= 4 is 35.0 Å². The number of hydrogen-bond donors (Lipinski definition) is 2. The first kappa shape index (κ1) is 19.0. The maximum absolute atomic E-state index is 12.8. The number of likely N-dealkylation sites (tertiary alicyclic amines) is 1. The fourth-order valence-corrected chi connectivity index (χ4v) is 3.26. The lowest BCUT2D eigenvalue weighted by atomic mass is 10.1. The average Bonchev–Trinajstić information content (AvgIpc) is 3.04. The third-order valence-electron chi connectivity index (χ3n) is 4.11. The van der Waals surface area contributed by atoms with Crippen molar-refractivity contribution in [3.63, 3.8) is 0 Å². The van der Waals surface area contributed by atoms with Crippen LogP contribution >= 0.6 is 23.2 Å². The third kappa shape index (κ3) is 4.62. The van der Waals surface area contributed by atoms with Crippen LogP contribution in [-0.2, 0) is 4.79 Å². The van der Waals surface area contributed by atoms with E-state index in [1.54, 1.807) is 23.1 Å². The Morgan fingerprint density at radius 1 is 1.38 bits per heavy atom. The lowest BCUT2D eigenvalue weighted by Crippen LogP contribution is -2.48. The van der Waals surface area contributed by atoms with Gasteiger partial charge in [-0.25, -0.2) is 0 Å². The van der Waals surface area contributed by atoms with Crippen molar-refractivity contribution < 1.29 is 9.59 Å². The van der Waals surface area contributed by atoms with Gasteiger partial charge in [-0.1, -0.05) is 30.1 Å². The lowest BCUT2D eigenvalue weighted by Gasteiger charge is -2.25. The maximum atomic E-state index is 12.8. The van der Waals surface area contributed by atoms with E-state index in [9.17, 15) is 9.59 Å². The Hall–Kier alpha value is -1.30. The number of nitrogens with one attached hydrogen (secondary N) is 2. The molecule has 24 heavy (non-hydrogen) atoms. The maximum Gasteiger partial charge on any atom is 0.256 e. The van der Waals surface area contributed by atoms with E-state index in [4.69, 9.17) is 23.2 Å². The highest BCUT2D eigenvalue weighted by molar-refractivity contribution is 6.35. The van der Waals surface area contributed by atoms with Crippen LogP contribution < -0.4 is 10.6 Å². The zero-order valence-corrected chi connectivity index (χ0v) is 15.5. The second-order valence-corrected chi connectivity index (χ2v) is 6.83. The van der Waals surface area contributed by atoms with Gasteiger partial charge in [-0.05, 0) is 44.5 Å². The first-order valence-electron chi connectivity index (χ1n) is 8.21. The van der Waals surface area contributed by atoms with Gasteiger partial charge < -0.3 is 15.5 Å². The number of carbonyl (C=O) groups excluding carboxylic acids is 2. The molecule has 0 bridgehead atoms. The molecule has 1 aliphatic rings. The highest BCUT2D eigenvalue weighted by atomic mass is 35.5. The van der Waals surface area contributed by atoms with Gasteiger partial charge in [-0.3, -0.25) is 9.59 Å². The molecule has 1 aromatic rings. The summed E-state index contributed by atoms with van der Waals surface area (Å²) in [5.41, 5.74) is 0.338. The SMILES string of the molecule is CCN[C@H](C)CNC(=O)C1CCCN1C(=O)c1cc(Cl)ccc1Cl. The number of halogens is 2. The molecule has 0 saturated carbocycles. The molecule has 2 N–H and O–H groups in total. The molecule has 132 valence electrons. The monoisotopic (exact) mass is 371 g/mol. The Labute approximate surface area is 152 Å². The first-order chi connectivity index (χ1) is 11.4. The third-order valence-corrected chi connectivity index (χ3v) is 4.67. The molecule has 5 nitrogen and oxygen atoms in total. The quantitative estimate of drug-likeness (QED) is 0.807.